The third-order valence-electron chi connectivity index (χ3n) is 4.27. The molecular formula is C20H24N4S. The Kier molecular flexibility index (Phi) is 5.34. The van der Waals surface area contributed by atoms with Crippen molar-refractivity contribution < 1.29 is 0 Å². The summed E-state index contributed by atoms with van der Waals surface area (Å²) in [6.07, 6.45) is 0. The van der Waals surface area contributed by atoms with Gasteiger partial charge in [-0.1, -0.05) is 36.4 Å². The van der Waals surface area contributed by atoms with Gasteiger partial charge >= 0.3 is 0 Å². The molecule has 1 atom stereocenters. The predicted molar refractivity (Wildman–Crippen MR) is 107 cm³/mol. The number of nitrogens with one attached hydrogen (secondary N) is 2. The second kappa shape index (κ2) is 7.66. The number of aromatic nitrogens is 1. The van der Waals surface area contributed by atoms with Gasteiger partial charge in [-0.25, -0.2) is 4.98 Å². The third-order valence-corrected chi connectivity index (χ3v) is 5.34. The molecule has 0 aliphatic carbocycles. The molecule has 1 aromatic heterocycles. The summed E-state index contributed by atoms with van der Waals surface area (Å²) in [6.45, 7) is 6.98. The van der Waals surface area contributed by atoms with Crippen molar-refractivity contribution in [2.45, 2.75) is 33.4 Å². The van der Waals surface area contributed by atoms with Gasteiger partial charge in [-0.2, -0.15) is 0 Å². The SMILES string of the molecule is CN=C(NCc1sc(C)nc1C)NC(C)c1ccc2ccccc2c1. The van der Waals surface area contributed by atoms with Crippen LogP contribution in [0.25, 0.3) is 10.8 Å². The molecule has 130 valence electrons. The molecule has 3 rings (SSSR count). The fourth-order valence-corrected chi connectivity index (χ4v) is 3.74. The molecule has 0 amide bonds. The highest BCUT2D eigenvalue weighted by molar-refractivity contribution is 7.11. The summed E-state index contributed by atoms with van der Waals surface area (Å²) in [5, 5.41) is 10.5. The van der Waals surface area contributed by atoms with Crippen LogP contribution in [0.3, 0.4) is 0 Å². The number of guanidine groups is 1. The van der Waals surface area contributed by atoms with Crippen LogP contribution in [0.5, 0.6) is 0 Å². The Hall–Kier alpha value is -2.40. The lowest BCUT2D eigenvalue weighted by Crippen LogP contribution is -2.38. The van der Waals surface area contributed by atoms with Crippen LogP contribution >= 0.6 is 11.3 Å². The number of aliphatic imine (C=N–C) groups is 1. The number of fused-ring (bicyclic) bond motifs is 1. The number of benzene rings is 2. The molecule has 1 heterocycles. The Bertz CT molecular complexity index is 898. The standard InChI is InChI=1S/C20H24N4S/c1-13(17-10-9-16-7-5-6-8-18(16)11-17)24-20(21-4)22-12-19-14(2)23-15(3)25-19/h5-11,13H,12H2,1-4H3,(H2,21,22,24). The maximum atomic E-state index is 4.47. The molecule has 0 saturated carbocycles. The normalized spacial score (nSPS) is 13.0. The average molecular weight is 353 g/mol. The molecule has 0 aliphatic heterocycles. The van der Waals surface area contributed by atoms with Crippen molar-refractivity contribution in [1.82, 2.24) is 15.6 Å². The first kappa shape index (κ1) is 17.4. The van der Waals surface area contributed by atoms with Crippen molar-refractivity contribution in [2.24, 2.45) is 4.99 Å². The van der Waals surface area contributed by atoms with Gasteiger partial charge in [-0.3, -0.25) is 4.99 Å². The van der Waals surface area contributed by atoms with Crippen molar-refractivity contribution in [1.29, 1.82) is 0 Å². The van der Waals surface area contributed by atoms with Gasteiger partial charge in [0.1, 0.15) is 0 Å². The number of thiazole rings is 1. The monoisotopic (exact) mass is 352 g/mol. The molecule has 0 radical (unpaired) electrons. The minimum atomic E-state index is 0.167. The minimum Gasteiger partial charge on any atom is -0.351 e. The van der Waals surface area contributed by atoms with E-state index in [-0.39, 0.29) is 6.04 Å². The quantitative estimate of drug-likeness (QED) is 0.542. The zero-order valence-corrected chi connectivity index (χ0v) is 15.9. The van der Waals surface area contributed by atoms with Crippen LogP contribution in [0.1, 0.15) is 34.1 Å². The van der Waals surface area contributed by atoms with E-state index in [2.05, 4.69) is 76.9 Å². The lowest BCUT2D eigenvalue weighted by Gasteiger charge is -2.18. The summed E-state index contributed by atoms with van der Waals surface area (Å²) in [4.78, 5) is 10.1. The summed E-state index contributed by atoms with van der Waals surface area (Å²) in [7, 11) is 1.80. The van der Waals surface area contributed by atoms with Crippen molar-refractivity contribution >= 4 is 28.1 Å². The van der Waals surface area contributed by atoms with E-state index in [0.717, 1.165) is 23.2 Å². The highest BCUT2D eigenvalue weighted by Crippen LogP contribution is 2.20. The predicted octanol–water partition coefficient (Wildman–Crippen LogP) is 4.34. The van der Waals surface area contributed by atoms with Crippen LogP contribution in [0.2, 0.25) is 0 Å². The van der Waals surface area contributed by atoms with Crippen LogP contribution in [0.15, 0.2) is 47.5 Å². The first-order valence-electron chi connectivity index (χ1n) is 8.45. The first-order chi connectivity index (χ1) is 12.1. The van der Waals surface area contributed by atoms with Gasteiger partial charge in [-0.05, 0) is 43.2 Å². The van der Waals surface area contributed by atoms with E-state index in [1.807, 2.05) is 6.92 Å². The van der Waals surface area contributed by atoms with Gasteiger partial charge in [0.05, 0.1) is 23.3 Å². The molecule has 0 bridgehead atoms. The minimum absolute atomic E-state index is 0.167. The molecule has 2 aromatic carbocycles. The number of nitrogens with zero attached hydrogens (tertiary/aromatic N) is 2. The van der Waals surface area contributed by atoms with Crippen LogP contribution in [-0.4, -0.2) is 18.0 Å². The molecule has 2 N–H and O–H groups in total. The summed E-state index contributed by atoms with van der Waals surface area (Å²) in [5.74, 6) is 0.797. The number of rotatable bonds is 4. The second-order valence-corrected chi connectivity index (χ2v) is 7.43. The molecule has 25 heavy (non-hydrogen) atoms. The van der Waals surface area contributed by atoms with E-state index in [1.165, 1.54) is 21.2 Å². The number of hydrogen-bond donors (Lipinski definition) is 2. The van der Waals surface area contributed by atoms with Gasteiger partial charge in [0.25, 0.3) is 0 Å². The van der Waals surface area contributed by atoms with Crippen molar-refractivity contribution in [3.05, 3.63) is 63.6 Å². The van der Waals surface area contributed by atoms with Crippen LogP contribution in [-0.2, 0) is 6.54 Å². The van der Waals surface area contributed by atoms with E-state index >= 15 is 0 Å². The zero-order chi connectivity index (χ0) is 17.8. The topological polar surface area (TPSA) is 49.3 Å². The molecule has 0 spiro atoms. The Balaban J connectivity index is 1.66. The molecule has 0 aliphatic rings. The van der Waals surface area contributed by atoms with Crippen molar-refractivity contribution in [3.8, 4) is 0 Å². The second-order valence-electron chi connectivity index (χ2n) is 6.14. The van der Waals surface area contributed by atoms with Gasteiger partial charge in [0.2, 0.25) is 0 Å². The third kappa shape index (κ3) is 4.17. The first-order valence-corrected chi connectivity index (χ1v) is 9.27. The lowest BCUT2D eigenvalue weighted by molar-refractivity contribution is 0.687. The fourth-order valence-electron chi connectivity index (χ4n) is 2.86. The molecular weight excluding hydrogens is 328 g/mol. The summed E-state index contributed by atoms with van der Waals surface area (Å²) < 4.78 is 0. The van der Waals surface area contributed by atoms with E-state index in [1.54, 1.807) is 18.4 Å². The van der Waals surface area contributed by atoms with Gasteiger partial charge in [-0.15, -0.1) is 11.3 Å². The van der Waals surface area contributed by atoms with Crippen molar-refractivity contribution in [3.63, 3.8) is 0 Å². The largest absolute Gasteiger partial charge is 0.351 e. The fraction of sp³-hybridized carbons (Fsp3) is 0.300. The summed E-state index contributed by atoms with van der Waals surface area (Å²) in [6, 6.07) is 15.2. The van der Waals surface area contributed by atoms with Crippen LogP contribution in [0.4, 0.5) is 0 Å². The number of hydrogen-bond acceptors (Lipinski definition) is 3. The smallest absolute Gasteiger partial charge is 0.191 e. The summed E-state index contributed by atoms with van der Waals surface area (Å²) in [5.41, 5.74) is 2.33. The molecule has 0 fully saturated rings. The van der Waals surface area contributed by atoms with E-state index in [9.17, 15) is 0 Å². The van der Waals surface area contributed by atoms with Crippen molar-refractivity contribution in [2.75, 3.05) is 7.05 Å². The highest BCUT2D eigenvalue weighted by Gasteiger charge is 2.10. The lowest BCUT2D eigenvalue weighted by atomic mass is 10.0. The van der Waals surface area contributed by atoms with E-state index < -0.39 is 0 Å². The zero-order valence-electron chi connectivity index (χ0n) is 15.1. The van der Waals surface area contributed by atoms with Gasteiger partial charge < -0.3 is 10.6 Å². The van der Waals surface area contributed by atoms with Gasteiger partial charge in [0.15, 0.2) is 5.96 Å². The Labute approximate surface area is 153 Å². The highest BCUT2D eigenvalue weighted by atomic mass is 32.1. The van der Waals surface area contributed by atoms with Crippen LogP contribution in [0, 0.1) is 13.8 Å². The molecule has 1 unspecified atom stereocenters. The summed E-state index contributed by atoms with van der Waals surface area (Å²) >= 11 is 1.73. The Morgan fingerprint density at radius 2 is 1.92 bits per heavy atom. The maximum Gasteiger partial charge on any atom is 0.191 e. The Morgan fingerprint density at radius 1 is 1.16 bits per heavy atom. The number of aryl methyl sites for hydroxylation is 2. The average Bonchev–Trinajstić information content (AvgIpc) is 2.95. The molecule has 3 aromatic rings. The molecule has 5 heteroatoms. The molecule has 0 saturated heterocycles. The van der Waals surface area contributed by atoms with Crippen LogP contribution < -0.4 is 10.6 Å². The van der Waals surface area contributed by atoms with E-state index in [0.29, 0.717) is 0 Å². The van der Waals surface area contributed by atoms with Gasteiger partial charge in [0, 0.05) is 11.9 Å². The Morgan fingerprint density at radius 3 is 2.60 bits per heavy atom. The maximum absolute atomic E-state index is 4.47. The molecule has 4 nitrogen and oxygen atoms in total. The van der Waals surface area contributed by atoms with E-state index in [4.69, 9.17) is 0 Å².